The first-order valence-electron chi connectivity index (χ1n) is 5.17. The molecule has 0 heterocycles. The lowest BCUT2D eigenvalue weighted by Gasteiger charge is -2.29. The number of allylic oxidation sites excluding steroid dienone is 3. The topological polar surface area (TPSA) is 9.23 Å². The second-order valence-electron chi connectivity index (χ2n) is 4.76. The highest BCUT2D eigenvalue weighted by Gasteiger charge is 2.21. The van der Waals surface area contributed by atoms with E-state index in [1.165, 1.54) is 5.57 Å². The highest BCUT2D eigenvalue weighted by molar-refractivity contribution is 7.18. The van der Waals surface area contributed by atoms with Crippen LogP contribution in [0.15, 0.2) is 23.5 Å². The molecule has 0 N–H and O–H groups in total. The van der Waals surface area contributed by atoms with Gasteiger partial charge in [0.15, 0.2) is 0 Å². The highest BCUT2D eigenvalue weighted by atomic mass is 31.0. The lowest BCUT2D eigenvalue weighted by molar-refractivity contribution is 0.0978. The maximum absolute atomic E-state index is 5.89. The third-order valence-electron chi connectivity index (χ3n) is 2.48. The maximum atomic E-state index is 5.89. The molecule has 0 radical (unpaired) electrons. The van der Waals surface area contributed by atoms with Crippen LogP contribution in [0.1, 0.15) is 34.6 Å². The van der Waals surface area contributed by atoms with Crippen molar-refractivity contribution < 1.29 is 4.74 Å². The van der Waals surface area contributed by atoms with E-state index >= 15 is 0 Å². The Morgan fingerprint density at radius 2 is 1.79 bits per heavy atom. The minimum atomic E-state index is -0.168. The molecule has 0 bridgehead atoms. The Morgan fingerprint density at radius 1 is 1.21 bits per heavy atom. The van der Waals surface area contributed by atoms with Gasteiger partial charge in [0, 0.05) is 5.92 Å². The zero-order chi connectivity index (χ0) is 10.9. The Morgan fingerprint density at radius 3 is 2.29 bits per heavy atom. The van der Waals surface area contributed by atoms with Crippen molar-refractivity contribution >= 4 is 9.24 Å². The van der Waals surface area contributed by atoms with Crippen molar-refractivity contribution in [2.24, 2.45) is 11.8 Å². The summed E-state index contributed by atoms with van der Waals surface area (Å²) in [6, 6.07) is 0. The summed E-state index contributed by atoms with van der Waals surface area (Å²) in [6.07, 6.45) is 4.52. The molecule has 0 amide bonds. The van der Waals surface area contributed by atoms with Gasteiger partial charge in [-0.2, -0.15) is 0 Å². The van der Waals surface area contributed by atoms with Gasteiger partial charge in [0.05, 0.1) is 0 Å². The molecule has 1 aliphatic rings. The predicted octanol–water partition coefficient (Wildman–Crippen LogP) is 3.73. The molecule has 0 aromatic rings. The Kier molecular flexibility index (Phi) is 3.42. The van der Waals surface area contributed by atoms with Crippen LogP contribution in [0, 0.1) is 11.8 Å². The van der Waals surface area contributed by atoms with Crippen molar-refractivity contribution in [1.82, 2.24) is 0 Å². The van der Waals surface area contributed by atoms with Gasteiger partial charge in [-0.1, -0.05) is 34.7 Å². The summed E-state index contributed by atoms with van der Waals surface area (Å²) >= 11 is 0. The summed E-state index contributed by atoms with van der Waals surface area (Å²) in [6.45, 7) is 10.7. The Labute approximate surface area is 89.8 Å². The molecule has 80 valence electrons. The molecule has 0 fully saturated rings. The van der Waals surface area contributed by atoms with Crippen molar-refractivity contribution in [2.75, 3.05) is 0 Å². The van der Waals surface area contributed by atoms with E-state index in [9.17, 15) is 0 Å². The number of hydrogen-bond donors (Lipinski definition) is 0. The van der Waals surface area contributed by atoms with Gasteiger partial charge in [0.1, 0.15) is 11.1 Å². The Bertz CT molecular complexity index is 271. The lowest BCUT2D eigenvalue weighted by Crippen LogP contribution is -2.20. The van der Waals surface area contributed by atoms with Gasteiger partial charge < -0.3 is 4.74 Å². The zero-order valence-electron chi connectivity index (χ0n) is 9.79. The van der Waals surface area contributed by atoms with E-state index in [-0.39, 0.29) is 5.34 Å². The van der Waals surface area contributed by atoms with Crippen molar-refractivity contribution in [1.29, 1.82) is 0 Å². The minimum absolute atomic E-state index is 0.168. The van der Waals surface area contributed by atoms with Gasteiger partial charge in [-0.15, -0.1) is 0 Å². The molecular formula is C12H21OP. The van der Waals surface area contributed by atoms with E-state index < -0.39 is 0 Å². The van der Waals surface area contributed by atoms with Gasteiger partial charge in [0.25, 0.3) is 0 Å². The highest BCUT2D eigenvalue weighted by Crippen LogP contribution is 2.32. The van der Waals surface area contributed by atoms with Crippen molar-refractivity contribution in [3.63, 3.8) is 0 Å². The van der Waals surface area contributed by atoms with Crippen LogP contribution in [-0.4, -0.2) is 5.34 Å². The molecular weight excluding hydrogens is 191 g/mol. The Hall–Kier alpha value is -0.290. The minimum Gasteiger partial charge on any atom is -0.488 e. The molecule has 3 unspecified atom stereocenters. The van der Waals surface area contributed by atoms with Crippen LogP contribution in [-0.2, 0) is 4.74 Å². The molecule has 3 atom stereocenters. The smallest absolute Gasteiger partial charge is 0.115 e. The van der Waals surface area contributed by atoms with E-state index in [4.69, 9.17) is 4.74 Å². The number of hydrogen-bond acceptors (Lipinski definition) is 1. The van der Waals surface area contributed by atoms with Crippen molar-refractivity contribution in [3.8, 4) is 0 Å². The second kappa shape index (κ2) is 4.06. The Balaban J connectivity index is 2.76. The first-order chi connectivity index (χ1) is 6.29. The van der Waals surface area contributed by atoms with Gasteiger partial charge in [-0.3, -0.25) is 0 Å². The quantitative estimate of drug-likeness (QED) is 0.500. The van der Waals surface area contributed by atoms with Crippen molar-refractivity contribution in [3.05, 3.63) is 23.5 Å². The molecule has 1 nitrogen and oxygen atoms in total. The summed E-state index contributed by atoms with van der Waals surface area (Å²) in [4.78, 5) is 0. The summed E-state index contributed by atoms with van der Waals surface area (Å²) in [7, 11) is 2.72. The maximum Gasteiger partial charge on any atom is 0.115 e. The van der Waals surface area contributed by atoms with Crippen LogP contribution in [0.2, 0.25) is 0 Å². The van der Waals surface area contributed by atoms with E-state index in [2.05, 4.69) is 56.0 Å². The van der Waals surface area contributed by atoms with E-state index in [1.807, 2.05) is 0 Å². The molecule has 0 saturated heterocycles. The fraction of sp³-hybridized carbons (Fsp3) is 0.667. The number of rotatable bonds is 2. The first kappa shape index (κ1) is 11.8. The van der Waals surface area contributed by atoms with Gasteiger partial charge in [-0.05, 0) is 32.8 Å². The first-order valence-corrected chi connectivity index (χ1v) is 5.75. The van der Waals surface area contributed by atoms with Gasteiger partial charge in [0.2, 0.25) is 0 Å². The summed E-state index contributed by atoms with van der Waals surface area (Å²) in [5.74, 6) is 2.02. The monoisotopic (exact) mass is 212 g/mol. The van der Waals surface area contributed by atoms with E-state index in [0.717, 1.165) is 5.76 Å². The fourth-order valence-electron chi connectivity index (χ4n) is 1.59. The molecule has 0 spiro atoms. The number of ether oxygens (including phenoxy) is 1. The van der Waals surface area contributed by atoms with E-state index in [0.29, 0.717) is 11.8 Å². The summed E-state index contributed by atoms with van der Waals surface area (Å²) in [5.41, 5.74) is 1.44. The van der Waals surface area contributed by atoms with Crippen LogP contribution < -0.4 is 0 Å². The van der Waals surface area contributed by atoms with Crippen LogP contribution >= 0.6 is 9.24 Å². The second-order valence-corrected chi connectivity index (χ2v) is 6.15. The zero-order valence-corrected chi connectivity index (χ0v) is 10.9. The standard InChI is InChI=1S/C12H21OP/c1-8-6-10(3)11(7-9(8)2)13-12(4,5)14/h6-7,9-10H,14H2,1-5H3. The van der Waals surface area contributed by atoms with Crippen LogP contribution in [0.25, 0.3) is 0 Å². The summed E-state index contributed by atoms with van der Waals surface area (Å²) < 4.78 is 5.89. The largest absolute Gasteiger partial charge is 0.488 e. The van der Waals surface area contributed by atoms with Crippen LogP contribution in [0.4, 0.5) is 0 Å². The lowest BCUT2D eigenvalue weighted by atomic mass is 9.90. The van der Waals surface area contributed by atoms with Crippen LogP contribution in [0.3, 0.4) is 0 Å². The molecule has 14 heavy (non-hydrogen) atoms. The molecule has 1 rings (SSSR count). The third-order valence-corrected chi connectivity index (χ3v) is 2.59. The van der Waals surface area contributed by atoms with Crippen LogP contribution in [0.5, 0.6) is 0 Å². The molecule has 0 aromatic carbocycles. The fourth-order valence-corrected chi connectivity index (χ4v) is 1.72. The molecule has 2 heteroatoms. The molecule has 0 aliphatic heterocycles. The predicted molar refractivity (Wildman–Crippen MR) is 65.0 cm³/mol. The van der Waals surface area contributed by atoms with E-state index in [1.54, 1.807) is 0 Å². The normalized spacial score (nSPS) is 28.1. The summed E-state index contributed by atoms with van der Waals surface area (Å²) in [5, 5.41) is -0.168. The molecule has 0 aromatic heterocycles. The SMILES string of the molecule is CC1=CC(C)C(OC(C)(C)P)=CC1C. The van der Waals surface area contributed by atoms with Gasteiger partial charge >= 0.3 is 0 Å². The van der Waals surface area contributed by atoms with Gasteiger partial charge in [-0.25, -0.2) is 0 Å². The average Bonchev–Trinajstić information content (AvgIpc) is 1.97. The van der Waals surface area contributed by atoms with Crippen molar-refractivity contribution in [2.45, 2.75) is 40.0 Å². The third kappa shape index (κ3) is 3.13. The average molecular weight is 212 g/mol. The molecule has 0 saturated carbocycles. The molecule has 1 aliphatic carbocycles.